The van der Waals surface area contributed by atoms with Crippen LogP contribution < -0.4 is 0 Å². The summed E-state index contributed by atoms with van der Waals surface area (Å²) in [4.78, 5) is 18.9. The van der Waals surface area contributed by atoms with Crippen LogP contribution in [-0.4, -0.2) is 39.1 Å². The molecule has 0 radical (unpaired) electrons. The third-order valence-electron chi connectivity index (χ3n) is 5.45. The average molecular weight is 402 g/mol. The Morgan fingerprint density at radius 2 is 2.00 bits per heavy atom. The number of likely N-dealkylation sites (tertiary alicyclic amines) is 1. The molecule has 30 heavy (non-hydrogen) atoms. The second-order valence-electron chi connectivity index (χ2n) is 7.43. The average Bonchev–Trinajstić information content (AvgIpc) is 3.28. The van der Waals surface area contributed by atoms with E-state index in [9.17, 15) is 9.18 Å². The van der Waals surface area contributed by atoms with E-state index in [1.165, 1.54) is 12.1 Å². The van der Waals surface area contributed by atoms with Crippen molar-refractivity contribution in [2.24, 2.45) is 0 Å². The summed E-state index contributed by atoms with van der Waals surface area (Å²) in [5.74, 6) is 0.201. The van der Waals surface area contributed by atoms with Crippen LogP contribution in [0.3, 0.4) is 0 Å². The molecular weight excluding hydrogens is 383 g/mol. The van der Waals surface area contributed by atoms with Gasteiger partial charge >= 0.3 is 0 Å². The van der Waals surface area contributed by atoms with E-state index < -0.39 is 5.82 Å². The van der Waals surface area contributed by atoms with E-state index in [2.05, 4.69) is 15.2 Å². The van der Waals surface area contributed by atoms with E-state index in [4.69, 9.17) is 4.42 Å². The van der Waals surface area contributed by atoms with Crippen molar-refractivity contribution >= 4 is 16.7 Å². The Kier molecular flexibility index (Phi) is 4.71. The number of pyridine rings is 1. The highest BCUT2D eigenvalue weighted by Gasteiger charge is 2.29. The van der Waals surface area contributed by atoms with Gasteiger partial charge in [-0.25, -0.2) is 4.39 Å². The van der Waals surface area contributed by atoms with Gasteiger partial charge in [-0.3, -0.25) is 9.78 Å². The number of piperidine rings is 1. The van der Waals surface area contributed by atoms with Gasteiger partial charge in [-0.15, -0.1) is 10.2 Å². The molecule has 1 atom stereocenters. The highest BCUT2D eigenvalue weighted by Crippen LogP contribution is 2.31. The first kappa shape index (κ1) is 18.4. The molecule has 0 bridgehead atoms. The van der Waals surface area contributed by atoms with E-state index in [1.54, 1.807) is 23.2 Å². The Bertz CT molecular complexity index is 1220. The summed E-state index contributed by atoms with van der Waals surface area (Å²) >= 11 is 0. The molecule has 7 heteroatoms. The van der Waals surface area contributed by atoms with Crippen LogP contribution in [0.4, 0.5) is 4.39 Å². The summed E-state index contributed by atoms with van der Waals surface area (Å²) in [7, 11) is 0. The van der Waals surface area contributed by atoms with Crippen LogP contribution in [0.25, 0.3) is 22.4 Å². The Labute approximate surface area is 172 Å². The first-order valence-corrected chi connectivity index (χ1v) is 9.91. The number of amides is 1. The van der Waals surface area contributed by atoms with Crippen LogP contribution in [-0.2, 0) is 0 Å². The lowest BCUT2D eigenvalue weighted by molar-refractivity contribution is 0.0698. The molecule has 3 heterocycles. The van der Waals surface area contributed by atoms with Crippen molar-refractivity contribution in [1.29, 1.82) is 0 Å². The lowest BCUT2D eigenvalue weighted by Gasteiger charge is -2.31. The number of benzene rings is 2. The summed E-state index contributed by atoms with van der Waals surface area (Å²) in [5, 5.41) is 10.5. The third kappa shape index (κ3) is 3.43. The fraction of sp³-hybridized carbons (Fsp3) is 0.217. The van der Waals surface area contributed by atoms with Crippen LogP contribution in [0, 0.1) is 5.82 Å². The van der Waals surface area contributed by atoms with Crippen LogP contribution in [0.15, 0.2) is 65.2 Å². The molecule has 1 aliphatic rings. The second kappa shape index (κ2) is 7.67. The van der Waals surface area contributed by atoms with Crippen LogP contribution in [0.1, 0.15) is 35.0 Å². The fourth-order valence-corrected chi connectivity index (χ4v) is 3.95. The molecule has 1 saturated heterocycles. The van der Waals surface area contributed by atoms with Crippen molar-refractivity contribution in [2.75, 3.05) is 13.1 Å². The Morgan fingerprint density at radius 3 is 2.90 bits per heavy atom. The van der Waals surface area contributed by atoms with Gasteiger partial charge in [-0.2, -0.15) is 0 Å². The third-order valence-corrected chi connectivity index (χ3v) is 5.45. The van der Waals surface area contributed by atoms with Gasteiger partial charge in [0.05, 0.1) is 5.92 Å². The van der Waals surface area contributed by atoms with Gasteiger partial charge in [-0.1, -0.05) is 30.3 Å². The molecule has 6 nitrogen and oxygen atoms in total. The standard InChI is InChI=1S/C23H19FN4O2/c24-18-8-3-6-16(13-18)23(29)28-12-4-7-17(14-28)21-26-27-22(30-21)20-19-9-2-1-5-15(19)10-11-25-20/h1-3,5-6,8-11,13,17H,4,7,12,14H2/t17-/m0/s1. The van der Waals surface area contributed by atoms with Crippen LogP contribution in [0.2, 0.25) is 0 Å². The van der Waals surface area contributed by atoms with Crippen molar-refractivity contribution in [3.63, 3.8) is 0 Å². The molecule has 0 N–H and O–H groups in total. The van der Waals surface area contributed by atoms with Crippen molar-refractivity contribution < 1.29 is 13.6 Å². The van der Waals surface area contributed by atoms with Gasteiger partial charge in [0.1, 0.15) is 11.5 Å². The molecule has 2 aromatic heterocycles. The second-order valence-corrected chi connectivity index (χ2v) is 7.43. The SMILES string of the molecule is O=C(c1cccc(F)c1)N1CCC[C@H](c2nnc(-c3nccc4ccccc34)o2)C1. The monoisotopic (exact) mass is 402 g/mol. The van der Waals surface area contributed by atoms with E-state index in [0.29, 0.717) is 36.1 Å². The molecule has 5 rings (SSSR count). The fourth-order valence-electron chi connectivity index (χ4n) is 3.95. The van der Waals surface area contributed by atoms with Gasteiger partial charge in [0, 0.05) is 30.2 Å². The maximum Gasteiger partial charge on any atom is 0.266 e. The van der Waals surface area contributed by atoms with Crippen molar-refractivity contribution in [3.8, 4) is 11.6 Å². The van der Waals surface area contributed by atoms with Gasteiger partial charge < -0.3 is 9.32 Å². The number of nitrogens with zero attached hydrogens (tertiary/aromatic N) is 4. The van der Waals surface area contributed by atoms with E-state index >= 15 is 0 Å². The normalized spacial score (nSPS) is 16.7. The maximum atomic E-state index is 13.5. The maximum absolute atomic E-state index is 13.5. The van der Waals surface area contributed by atoms with Crippen LogP contribution in [0.5, 0.6) is 0 Å². The molecule has 1 aliphatic heterocycles. The lowest BCUT2D eigenvalue weighted by atomic mass is 9.97. The summed E-state index contributed by atoms with van der Waals surface area (Å²) in [6.07, 6.45) is 3.38. The number of rotatable bonds is 3. The van der Waals surface area contributed by atoms with E-state index in [0.717, 1.165) is 23.6 Å². The minimum absolute atomic E-state index is 0.0625. The molecule has 0 unspecified atom stereocenters. The van der Waals surface area contributed by atoms with Crippen molar-refractivity contribution in [2.45, 2.75) is 18.8 Å². The molecular formula is C23H19FN4O2. The van der Waals surface area contributed by atoms with Gasteiger partial charge in [0.25, 0.3) is 11.8 Å². The molecule has 0 saturated carbocycles. The highest BCUT2D eigenvalue weighted by atomic mass is 19.1. The molecule has 4 aromatic rings. The highest BCUT2D eigenvalue weighted by molar-refractivity contribution is 5.94. The predicted molar refractivity (Wildman–Crippen MR) is 109 cm³/mol. The Morgan fingerprint density at radius 1 is 1.10 bits per heavy atom. The van der Waals surface area contributed by atoms with Gasteiger partial charge in [0.2, 0.25) is 5.89 Å². The largest absolute Gasteiger partial charge is 0.419 e. The Hall–Kier alpha value is -3.61. The van der Waals surface area contributed by atoms with Crippen molar-refractivity contribution in [3.05, 3.63) is 78.1 Å². The number of hydrogen-bond donors (Lipinski definition) is 0. The quantitative estimate of drug-likeness (QED) is 0.506. The molecule has 1 fully saturated rings. The first-order valence-electron chi connectivity index (χ1n) is 9.91. The molecule has 0 aliphatic carbocycles. The van der Waals surface area contributed by atoms with E-state index in [-0.39, 0.29) is 11.8 Å². The zero-order chi connectivity index (χ0) is 20.5. The zero-order valence-corrected chi connectivity index (χ0v) is 16.2. The number of carbonyl (C=O) groups is 1. The summed E-state index contributed by atoms with van der Waals surface area (Å²) < 4.78 is 19.5. The molecule has 1 amide bonds. The number of fused-ring (bicyclic) bond motifs is 1. The summed E-state index contributed by atoms with van der Waals surface area (Å²) in [5.41, 5.74) is 0.997. The zero-order valence-electron chi connectivity index (χ0n) is 16.2. The minimum Gasteiger partial charge on any atom is -0.419 e. The van der Waals surface area contributed by atoms with E-state index in [1.807, 2.05) is 30.3 Å². The molecule has 150 valence electrons. The topological polar surface area (TPSA) is 72.1 Å². The minimum atomic E-state index is -0.418. The number of aromatic nitrogens is 3. The number of hydrogen-bond acceptors (Lipinski definition) is 5. The summed E-state index contributed by atoms with van der Waals surface area (Å²) in [6.45, 7) is 1.08. The van der Waals surface area contributed by atoms with Gasteiger partial charge in [0.15, 0.2) is 0 Å². The molecule has 0 spiro atoms. The van der Waals surface area contributed by atoms with Crippen molar-refractivity contribution in [1.82, 2.24) is 20.1 Å². The lowest BCUT2D eigenvalue weighted by Crippen LogP contribution is -2.39. The van der Waals surface area contributed by atoms with Crippen LogP contribution >= 0.6 is 0 Å². The number of halogens is 1. The molecule has 2 aromatic carbocycles. The first-order chi connectivity index (χ1) is 14.7. The Balaban J connectivity index is 1.39. The predicted octanol–water partition coefficient (Wildman–Crippen LogP) is 4.44. The number of carbonyl (C=O) groups excluding carboxylic acids is 1. The van der Waals surface area contributed by atoms with Gasteiger partial charge in [-0.05, 0) is 42.5 Å². The summed E-state index contributed by atoms with van der Waals surface area (Å²) in [6, 6.07) is 15.6. The smallest absolute Gasteiger partial charge is 0.266 e.